The number of nitrogens with two attached hydrogens (primary N) is 1. The summed E-state index contributed by atoms with van der Waals surface area (Å²) in [4.78, 5) is 11.2. The average Bonchev–Trinajstić information content (AvgIpc) is 2.10. The Balaban J connectivity index is 3.12. The second kappa shape index (κ2) is 4.21. The van der Waals surface area contributed by atoms with Crippen molar-refractivity contribution in [3.63, 3.8) is 0 Å². The molecular weight excluding hydrogens is 194 g/mol. The molecular formula is C11H15NO3. The zero-order valence-electron chi connectivity index (χ0n) is 8.77. The number of carbonyl (C=O) groups is 1. The van der Waals surface area contributed by atoms with Crippen molar-refractivity contribution in [2.45, 2.75) is 19.8 Å². The van der Waals surface area contributed by atoms with Crippen molar-refractivity contribution in [2.75, 3.05) is 0 Å². The van der Waals surface area contributed by atoms with Crippen LogP contribution in [0.15, 0.2) is 18.2 Å². The average molecular weight is 209 g/mol. The molecule has 15 heavy (non-hydrogen) atoms. The van der Waals surface area contributed by atoms with E-state index in [4.69, 9.17) is 10.8 Å². The highest BCUT2D eigenvalue weighted by molar-refractivity contribution is 5.82. The summed E-state index contributed by atoms with van der Waals surface area (Å²) in [7, 11) is 0. The molecule has 1 aromatic rings. The van der Waals surface area contributed by atoms with Crippen molar-refractivity contribution < 1.29 is 15.0 Å². The zero-order chi connectivity index (χ0) is 11.6. The van der Waals surface area contributed by atoms with Crippen LogP contribution in [0.25, 0.3) is 0 Å². The molecule has 4 N–H and O–H groups in total. The minimum absolute atomic E-state index is 0.0476. The molecule has 4 heteroatoms. The van der Waals surface area contributed by atoms with Crippen LogP contribution < -0.4 is 5.73 Å². The van der Waals surface area contributed by atoms with Crippen molar-refractivity contribution in [1.82, 2.24) is 0 Å². The van der Waals surface area contributed by atoms with Crippen molar-refractivity contribution in [1.29, 1.82) is 0 Å². The standard InChI is InChI=1S/C11H15NO3/c1-6(2)10(11(12)15)7-3-4-8(13)9(14)5-7/h3-6,10,13-14H,1-2H3,(H2,12,15). The number of hydrogen-bond acceptors (Lipinski definition) is 3. The Bertz CT molecular complexity index is 374. The van der Waals surface area contributed by atoms with Gasteiger partial charge in [-0.2, -0.15) is 0 Å². The molecule has 0 saturated heterocycles. The van der Waals surface area contributed by atoms with Crippen LogP contribution in [-0.2, 0) is 4.79 Å². The summed E-state index contributed by atoms with van der Waals surface area (Å²) in [5.74, 6) is -1.27. The molecule has 82 valence electrons. The Hall–Kier alpha value is -1.71. The molecule has 1 atom stereocenters. The quantitative estimate of drug-likeness (QED) is 0.656. The SMILES string of the molecule is CC(C)C(C(N)=O)c1ccc(O)c(O)c1. The second-order valence-corrected chi connectivity index (χ2v) is 3.87. The van der Waals surface area contributed by atoms with Crippen LogP contribution in [0.4, 0.5) is 0 Å². The largest absolute Gasteiger partial charge is 0.504 e. The normalized spacial score (nSPS) is 12.7. The van der Waals surface area contributed by atoms with Gasteiger partial charge >= 0.3 is 0 Å². The molecule has 0 aliphatic carbocycles. The molecule has 0 aliphatic rings. The van der Waals surface area contributed by atoms with Crippen LogP contribution in [0.2, 0.25) is 0 Å². The number of amides is 1. The van der Waals surface area contributed by atoms with E-state index < -0.39 is 11.8 Å². The smallest absolute Gasteiger partial charge is 0.225 e. The predicted molar refractivity (Wildman–Crippen MR) is 56.5 cm³/mol. The lowest BCUT2D eigenvalue weighted by atomic mass is 9.88. The summed E-state index contributed by atoms with van der Waals surface area (Å²) in [5.41, 5.74) is 5.89. The number of benzene rings is 1. The number of hydrogen-bond donors (Lipinski definition) is 3. The minimum atomic E-state index is -0.448. The topological polar surface area (TPSA) is 83.6 Å². The maximum absolute atomic E-state index is 11.2. The lowest BCUT2D eigenvalue weighted by Gasteiger charge is -2.17. The first-order chi connectivity index (χ1) is 6.93. The van der Waals surface area contributed by atoms with Gasteiger partial charge in [-0.1, -0.05) is 19.9 Å². The Morgan fingerprint density at radius 2 is 1.87 bits per heavy atom. The third-order valence-corrected chi connectivity index (χ3v) is 2.33. The van der Waals surface area contributed by atoms with E-state index in [1.54, 1.807) is 6.07 Å². The number of phenolic OH excluding ortho intramolecular Hbond substituents is 2. The number of primary amides is 1. The molecule has 0 heterocycles. The van der Waals surface area contributed by atoms with Gasteiger partial charge in [-0.05, 0) is 23.6 Å². The summed E-state index contributed by atoms with van der Waals surface area (Å²) in [6.07, 6.45) is 0. The molecule has 4 nitrogen and oxygen atoms in total. The van der Waals surface area contributed by atoms with Gasteiger partial charge in [0, 0.05) is 0 Å². The van der Waals surface area contributed by atoms with Gasteiger partial charge in [0.15, 0.2) is 11.5 Å². The molecule has 0 fully saturated rings. The van der Waals surface area contributed by atoms with Crippen LogP contribution in [-0.4, -0.2) is 16.1 Å². The number of rotatable bonds is 3. The monoisotopic (exact) mass is 209 g/mol. The van der Waals surface area contributed by atoms with Gasteiger partial charge in [-0.15, -0.1) is 0 Å². The summed E-state index contributed by atoms with van der Waals surface area (Å²) in [5, 5.41) is 18.4. The molecule has 0 spiro atoms. The molecule has 0 aromatic heterocycles. The summed E-state index contributed by atoms with van der Waals surface area (Å²) in [6, 6.07) is 4.30. The molecule has 0 bridgehead atoms. The van der Waals surface area contributed by atoms with E-state index in [0.717, 1.165) is 0 Å². The second-order valence-electron chi connectivity index (χ2n) is 3.87. The van der Waals surface area contributed by atoms with E-state index in [1.807, 2.05) is 13.8 Å². The zero-order valence-corrected chi connectivity index (χ0v) is 8.77. The molecule has 1 aromatic carbocycles. The highest BCUT2D eigenvalue weighted by Crippen LogP contribution is 2.31. The molecule has 1 rings (SSSR count). The van der Waals surface area contributed by atoms with Crippen molar-refractivity contribution in [3.05, 3.63) is 23.8 Å². The summed E-state index contributed by atoms with van der Waals surface area (Å²) < 4.78 is 0. The lowest BCUT2D eigenvalue weighted by molar-refractivity contribution is -0.120. The highest BCUT2D eigenvalue weighted by Gasteiger charge is 2.22. The first kappa shape index (κ1) is 11.4. The molecule has 1 unspecified atom stereocenters. The van der Waals surface area contributed by atoms with Gasteiger partial charge in [0.05, 0.1) is 5.92 Å². The minimum Gasteiger partial charge on any atom is -0.504 e. The van der Waals surface area contributed by atoms with Crippen molar-refractivity contribution in [3.8, 4) is 11.5 Å². The van der Waals surface area contributed by atoms with Gasteiger partial charge in [-0.25, -0.2) is 0 Å². The van der Waals surface area contributed by atoms with Gasteiger partial charge in [0.1, 0.15) is 0 Å². The number of aromatic hydroxyl groups is 2. The van der Waals surface area contributed by atoms with E-state index in [2.05, 4.69) is 0 Å². The molecule has 0 saturated carbocycles. The number of phenols is 2. The van der Waals surface area contributed by atoms with Gasteiger partial charge < -0.3 is 15.9 Å². The van der Waals surface area contributed by atoms with Crippen molar-refractivity contribution in [2.24, 2.45) is 11.7 Å². The first-order valence-corrected chi connectivity index (χ1v) is 4.74. The third-order valence-electron chi connectivity index (χ3n) is 2.33. The fourth-order valence-electron chi connectivity index (χ4n) is 1.61. The van der Waals surface area contributed by atoms with Crippen LogP contribution >= 0.6 is 0 Å². The maximum Gasteiger partial charge on any atom is 0.225 e. The summed E-state index contributed by atoms with van der Waals surface area (Å²) in [6.45, 7) is 3.75. The van der Waals surface area contributed by atoms with Gasteiger partial charge in [0.25, 0.3) is 0 Å². The molecule has 0 aliphatic heterocycles. The lowest BCUT2D eigenvalue weighted by Crippen LogP contribution is -2.25. The Morgan fingerprint density at radius 3 is 2.27 bits per heavy atom. The molecule has 0 radical (unpaired) electrons. The fourth-order valence-corrected chi connectivity index (χ4v) is 1.61. The van der Waals surface area contributed by atoms with Crippen LogP contribution in [0.3, 0.4) is 0 Å². The van der Waals surface area contributed by atoms with E-state index in [9.17, 15) is 9.90 Å². The van der Waals surface area contributed by atoms with E-state index in [1.165, 1.54) is 12.1 Å². The van der Waals surface area contributed by atoms with E-state index in [-0.39, 0.29) is 17.4 Å². The molecule has 1 amide bonds. The van der Waals surface area contributed by atoms with Crippen molar-refractivity contribution >= 4 is 5.91 Å². The van der Waals surface area contributed by atoms with Gasteiger partial charge in [0.2, 0.25) is 5.91 Å². The van der Waals surface area contributed by atoms with Crippen LogP contribution in [0.1, 0.15) is 25.3 Å². The van der Waals surface area contributed by atoms with E-state index >= 15 is 0 Å². The van der Waals surface area contributed by atoms with Gasteiger partial charge in [-0.3, -0.25) is 4.79 Å². The first-order valence-electron chi connectivity index (χ1n) is 4.74. The Morgan fingerprint density at radius 1 is 1.27 bits per heavy atom. The Kier molecular flexibility index (Phi) is 3.19. The van der Waals surface area contributed by atoms with E-state index in [0.29, 0.717) is 5.56 Å². The highest BCUT2D eigenvalue weighted by atomic mass is 16.3. The third kappa shape index (κ3) is 2.40. The summed E-state index contributed by atoms with van der Waals surface area (Å²) >= 11 is 0. The maximum atomic E-state index is 11.2. The van der Waals surface area contributed by atoms with Crippen LogP contribution in [0, 0.1) is 5.92 Å². The fraction of sp³-hybridized carbons (Fsp3) is 0.364. The van der Waals surface area contributed by atoms with Crippen LogP contribution in [0.5, 0.6) is 11.5 Å². The number of carbonyl (C=O) groups excluding carboxylic acids is 1. The Labute approximate surface area is 88.3 Å². The predicted octanol–water partition coefficient (Wildman–Crippen LogP) is 1.32.